The van der Waals surface area contributed by atoms with Crippen LogP contribution in [0.3, 0.4) is 0 Å². The highest BCUT2D eigenvalue weighted by atomic mass is 79.9. The first-order chi connectivity index (χ1) is 13.4. The molecule has 0 saturated heterocycles. The van der Waals surface area contributed by atoms with E-state index in [2.05, 4.69) is 26.2 Å². The molecule has 4 rings (SSSR count). The summed E-state index contributed by atoms with van der Waals surface area (Å²) in [4.78, 5) is 16.2. The summed E-state index contributed by atoms with van der Waals surface area (Å²) in [7, 11) is 0. The van der Waals surface area contributed by atoms with E-state index in [9.17, 15) is 18.0 Å². The third-order valence-corrected chi connectivity index (χ3v) is 4.71. The molecule has 0 atom stereocenters. The van der Waals surface area contributed by atoms with Gasteiger partial charge in [0.05, 0.1) is 0 Å². The van der Waals surface area contributed by atoms with E-state index in [0.29, 0.717) is 29.2 Å². The minimum Gasteiger partial charge on any atom is -0.454 e. The molecule has 1 N–H and O–H groups in total. The number of rotatable bonds is 3. The van der Waals surface area contributed by atoms with Crippen LogP contribution in [-0.4, -0.2) is 17.7 Å². The Bertz CT molecular complexity index is 1090. The number of carbonyl (C=O) groups is 1. The Balaban J connectivity index is 1.58. The number of ether oxygens (including phenoxy) is 2. The number of benzene rings is 2. The minimum absolute atomic E-state index is 0.0497. The quantitative estimate of drug-likeness (QED) is 0.576. The van der Waals surface area contributed by atoms with Crippen LogP contribution in [0.25, 0.3) is 11.1 Å². The molecular formula is C19H10BrF3N2O3. The van der Waals surface area contributed by atoms with Gasteiger partial charge < -0.3 is 14.8 Å². The number of carbonyl (C=O) groups excluding carboxylic acids is 1. The standard InChI is InChI=1S/C19H10BrF3N2O3/c20-11-6-15-14(27-8-28-15)5-10(11)9-1-4-16(24-7-9)25-19(26)17-12(21)2-3-13(22)18(17)23/h1-7H,8H2,(H,24,25,26). The molecule has 0 saturated carbocycles. The van der Waals surface area contributed by atoms with Gasteiger partial charge in [-0.15, -0.1) is 0 Å². The number of pyridine rings is 1. The number of nitrogens with one attached hydrogen (secondary N) is 1. The van der Waals surface area contributed by atoms with Gasteiger partial charge in [0.1, 0.15) is 17.2 Å². The second-order valence-corrected chi connectivity index (χ2v) is 6.64. The lowest BCUT2D eigenvalue weighted by Crippen LogP contribution is -2.17. The van der Waals surface area contributed by atoms with E-state index in [1.165, 1.54) is 12.3 Å². The Hall–Kier alpha value is -3.07. The zero-order valence-electron chi connectivity index (χ0n) is 13.9. The number of hydrogen-bond donors (Lipinski definition) is 1. The molecule has 1 amide bonds. The van der Waals surface area contributed by atoms with Gasteiger partial charge >= 0.3 is 0 Å². The summed E-state index contributed by atoms with van der Waals surface area (Å²) in [5, 5.41) is 2.25. The number of halogens is 4. The molecule has 142 valence electrons. The van der Waals surface area contributed by atoms with Crippen molar-refractivity contribution in [2.45, 2.75) is 0 Å². The van der Waals surface area contributed by atoms with E-state index in [1.54, 1.807) is 18.2 Å². The Morgan fingerprint density at radius 3 is 2.46 bits per heavy atom. The number of hydrogen-bond acceptors (Lipinski definition) is 4. The Morgan fingerprint density at radius 1 is 1.04 bits per heavy atom. The van der Waals surface area contributed by atoms with Crippen molar-refractivity contribution < 1.29 is 27.4 Å². The fourth-order valence-corrected chi connectivity index (χ4v) is 3.23. The van der Waals surface area contributed by atoms with Gasteiger partial charge in [0.25, 0.3) is 5.91 Å². The van der Waals surface area contributed by atoms with E-state index in [-0.39, 0.29) is 12.6 Å². The first-order valence-electron chi connectivity index (χ1n) is 7.94. The summed E-state index contributed by atoms with van der Waals surface area (Å²) in [6.45, 7) is 0.141. The molecule has 0 unspecified atom stereocenters. The molecule has 3 aromatic rings. The monoisotopic (exact) mass is 450 g/mol. The molecule has 2 heterocycles. The molecular weight excluding hydrogens is 441 g/mol. The van der Waals surface area contributed by atoms with Gasteiger partial charge in [0, 0.05) is 21.8 Å². The van der Waals surface area contributed by atoms with Crippen LogP contribution < -0.4 is 14.8 Å². The maximum Gasteiger partial charge on any atom is 0.262 e. The van der Waals surface area contributed by atoms with Gasteiger partial charge in [0.2, 0.25) is 6.79 Å². The maximum atomic E-state index is 13.7. The molecule has 5 nitrogen and oxygen atoms in total. The van der Waals surface area contributed by atoms with Crippen molar-refractivity contribution in [2.75, 3.05) is 12.1 Å². The van der Waals surface area contributed by atoms with Crippen molar-refractivity contribution in [1.82, 2.24) is 4.98 Å². The van der Waals surface area contributed by atoms with E-state index >= 15 is 0 Å². The van der Waals surface area contributed by atoms with E-state index in [0.717, 1.165) is 10.0 Å². The molecule has 0 aliphatic carbocycles. The van der Waals surface area contributed by atoms with E-state index in [4.69, 9.17) is 9.47 Å². The van der Waals surface area contributed by atoms with Crippen molar-refractivity contribution in [2.24, 2.45) is 0 Å². The number of amides is 1. The third-order valence-electron chi connectivity index (χ3n) is 4.05. The second kappa shape index (κ2) is 7.16. The van der Waals surface area contributed by atoms with Crippen LogP contribution in [0.1, 0.15) is 10.4 Å². The lowest BCUT2D eigenvalue weighted by atomic mass is 10.1. The molecule has 1 aliphatic rings. The van der Waals surface area contributed by atoms with Crippen molar-refractivity contribution in [1.29, 1.82) is 0 Å². The highest BCUT2D eigenvalue weighted by molar-refractivity contribution is 9.10. The van der Waals surface area contributed by atoms with Crippen LogP contribution >= 0.6 is 15.9 Å². The summed E-state index contributed by atoms with van der Waals surface area (Å²) in [6.07, 6.45) is 1.47. The van der Waals surface area contributed by atoms with Crippen LogP contribution in [0.15, 0.2) is 47.1 Å². The Morgan fingerprint density at radius 2 is 1.75 bits per heavy atom. The summed E-state index contributed by atoms with van der Waals surface area (Å²) >= 11 is 3.45. The van der Waals surface area contributed by atoms with Crippen LogP contribution in [0.5, 0.6) is 11.5 Å². The second-order valence-electron chi connectivity index (χ2n) is 5.79. The predicted molar refractivity (Wildman–Crippen MR) is 97.8 cm³/mol. The van der Waals surface area contributed by atoms with Crippen molar-refractivity contribution >= 4 is 27.7 Å². The molecule has 0 fully saturated rings. The fourth-order valence-electron chi connectivity index (χ4n) is 2.68. The molecule has 28 heavy (non-hydrogen) atoms. The van der Waals surface area contributed by atoms with Gasteiger partial charge in [-0.25, -0.2) is 18.2 Å². The van der Waals surface area contributed by atoms with Crippen molar-refractivity contribution in [3.63, 3.8) is 0 Å². The largest absolute Gasteiger partial charge is 0.454 e. The fraction of sp³-hybridized carbons (Fsp3) is 0.0526. The topological polar surface area (TPSA) is 60.5 Å². The Kier molecular flexibility index (Phi) is 4.68. The van der Waals surface area contributed by atoms with Gasteiger partial charge in [-0.3, -0.25) is 4.79 Å². The van der Waals surface area contributed by atoms with Crippen molar-refractivity contribution in [3.05, 3.63) is 70.1 Å². The summed E-state index contributed by atoms with van der Waals surface area (Å²) in [5.41, 5.74) is 0.465. The highest BCUT2D eigenvalue weighted by Gasteiger charge is 2.21. The van der Waals surface area contributed by atoms with Crippen LogP contribution in [0.4, 0.5) is 19.0 Å². The number of aromatic nitrogens is 1. The average Bonchev–Trinajstić information content (AvgIpc) is 3.12. The lowest BCUT2D eigenvalue weighted by Gasteiger charge is -2.09. The predicted octanol–water partition coefficient (Wildman–Crippen LogP) is 4.91. The van der Waals surface area contributed by atoms with Crippen LogP contribution in [0, 0.1) is 17.5 Å². The zero-order valence-corrected chi connectivity index (χ0v) is 15.5. The molecule has 1 aliphatic heterocycles. The molecule has 2 aromatic carbocycles. The summed E-state index contributed by atoms with van der Waals surface area (Å²) < 4.78 is 52.1. The first-order valence-corrected chi connectivity index (χ1v) is 8.74. The van der Waals surface area contributed by atoms with E-state index < -0.39 is 28.9 Å². The molecule has 0 spiro atoms. The lowest BCUT2D eigenvalue weighted by molar-refractivity contribution is 0.101. The van der Waals surface area contributed by atoms with Gasteiger partial charge in [-0.2, -0.15) is 0 Å². The zero-order chi connectivity index (χ0) is 19.8. The minimum atomic E-state index is -1.56. The molecule has 0 radical (unpaired) electrons. The number of fused-ring (bicyclic) bond motifs is 1. The van der Waals surface area contributed by atoms with Gasteiger partial charge in [0.15, 0.2) is 23.1 Å². The third kappa shape index (κ3) is 3.29. The van der Waals surface area contributed by atoms with Crippen LogP contribution in [0.2, 0.25) is 0 Å². The van der Waals surface area contributed by atoms with Gasteiger partial charge in [-0.05, 0) is 36.4 Å². The van der Waals surface area contributed by atoms with Gasteiger partial charge in [-0.1, -0.05) is 15.9 Å². The SMILES string of the molecule is O=C(Nc1ccc(-c2cc3c(cc2Br)OCO3)cn1)c1c(F)ccc(F)c1F. The number of nitrogens with zero attached hydrogens (tertiary/aromatic N) is 1. The summed E-state index contributed by atoms with van der Waals surface area (Å²) in [5.74, 6) is -3.93. The molecule has 1 aromatic heterocycles. The number of anilines is 1. The Labute approximate surface area is 165 Å². The maximum absolute atomic E-state index is 13.7. The van der Waals surface area contributed by atoms with Crippen molar-refractivity contribution in [3.8, 4) is 22.6 Å². The molecule has 9 heteroatoms. The smallest absolute Gasteiger partial charge is 0.262 e. The average molecular weight is 451 g/mol. The molecule has 0 bridgehead atoms. The van der Waals surface area contributed by atoms with E-state index in [1.807, 2.05) is 0 Å². The van der Waals surface area contributed by atoms with Crippen LogP contribution in [-0.2, 0) is 0 Å². The highest BCUT2D eigenvalue weighted by Crippen LogP contribution is 2.41. The normalized spacial score (nSPS) is 12.1. The summed E-state index contributed by atoms with van der Waals surface area (Å²) in [6, 6.07) is 7.95. The first kappa shape index (κ1) is 18.3.